The van der Waals surface area contributed by atoms with Crippen LogP contribution in [0, 0.1) is 19.8 Å². The summed E-state index contributed by atoms with van der Waals surface area (Å²) in [4.78, 5) is 0. The van der Waals surface area contributed by atoms with E-state index in [4.69, 9.17) is 0 Å². The van der Waals surface area contributed by atoms with E-state index >= 15 is 0 Å². The molecule has 90 valence electrons. The van der Waals surface area contributed by atoms with Crippen molar-refractivity contribution in [2.75, 3.05) is 7.05 Å². The number of hydrogen-bond acceptors (Lipinski definition) is 1. The maximum atomic E-state index is 3.43. The van der Waals surface area contributed by atoms with Crippen molar-refractivity contribution in [3.05, 3.63) is 34.9 Å². The smallest absolute Gasteiger partial charge is 0.0107 e. The van der Waals surface area contributed by atoms with Gasteiger partial charge in [-0.15, -0.1) is 0 Å². The maximum Gasteiger partial charge on any atom is 0.0107 e. The van der Waals surface area contributed by atoms with Gasteiger partial charge in [0, 0.05) is 6.04 Å². The highest BCUT2D eigenvalue weighted by Gasteiger charge is 2.10. The number of benzene rings is 1. The predicted molar refractivity (Wildman–Crippen MR) is 71.9 cm³/mol. The SMILES string of the molecule is CNC(Cc1cc(C)ccc1C)CC(C)C. The molecule has 0 saturated heterocycles. The Morgan fingerprint density at radius 2 is 1.88 bits per heavy atom. The predicted octanol–water partition coefficient (Wildman–Crippen LogP) is 3.48. The summed E-state index contributed by atoms with van der Waals surface area (Å²) in [6.07, 6.45) is 2.38. The van der Waals surface area contributed by atoms with Gasteiger partial charge in [-0.05, 0) is 50.8 Å². The molecule has 0 fully saturated rings. The van der Waals surface area contributed by atoms with E-state index in [0.717, 1.165) is 12.3 Å². The molecule has 0 heterocycles. The molecule has 1 unspecified atom stereocenters. The summed E-state index contributed by atoms with van der Waals surface area (Å²) in [6.45, 7) is 8.94. The van der Waals surface area contributed by atoms with Crippen LogP contribution in [0.2, 0.25) is 0 Å². The zero-order valence-corrected chi connectivity index (χ0v) is 11.3. The lowest BCUT2D eigenvalue weighted by molar-refractivity contribution is 0.440. The Bertz CT molecular complexity index is 328. The molecule has 0 saturated carbocycles. The van der Waals surface area contributed by atoms with Crippen LogP contribution < -0.4 is 5.32 Å². The van der Waals surface area contributed by atoms with Crippen molar-refractivity contribution in [3.8, 4) is 0 Å². The molecule has 1 N–H and O–H groups in total. The Balaban J connectivity index is 2.73. The Hall–Kier alpha value is -0.820. The van der Waals surface area contributed by atoms with Crippen molar-refractivity contribution < 1.29 is 0 Å². The molecule has 0 aliphatic heterocycles. The minimum absolute atomic E-state index is 0.598. The zero-order chi connectivity index (χ0) is 12.1. The molecule has 1 rings (SSSR count). The second-order valence-corrected chi connectivity index (χ2v) is 5.25. The van der Waals surface area contributed by atoms with Crippen LogP contribution in [0.3, 0.4) is 0 Å². The number of likely N-dealkylation sites (N-methyl/N-ethyl adjacent to an activating group) is 1. The Morgan fingerprint density at radius 1 is 1.19 bits per heavy atom. The lowest BCUT2D eigenvalue weighted by atomic mass is 9.94. The largest absolute Gasteiger partial charge is 0.317 e. The van der Waals surface area contributed by atoms with Gasteiger partial charge >= 0.3 is 0 Å². The molecule has 0 aliphatic rings. The fourth-order valence-electron chi connectivity index (χ4n) is 2.16. The Morgan fingerprint density at radius 3 is 2.44 bits per heavy atom. The molecule has 1 nitrogen and oxygen atoms in total. The number of rotatable bonds is 5. The topological polar surface area (TPSA) is 12.0 Å². The summed E-state index contributed by atoms with van der Waals surface area (Å²) in [6, 6.07) is 7.34. The van der Waals surface area contributed by atoms with E-state index in [9.17, 15) is 0 Å². The quantitative estimate of drug-likeness (QED) is 0.799. The number of aryl methyl sites for hydroxylation is 2. The summed E-state index contributed by atoms with van der Waals surface area (Å²) in [7, 11) is 2.07. The third kappa shape index (κ3) is 3.97. The van der Waals surface area contributed by atoms with Gasteiger partial charge < -0.3 is 5.32 Å². The monoisotopic (exact) mass is 219 g/mol. The van der Waals surface area contributed by atoms with Gasteiger partial charge in [-0.1, -0.05) is 37.6 Å². The van der Waals surface area contributed by atoms with Gasteiger partial charge in [0.1, 0.15) is 0 Å². The van der Waals surface area contributed by atoms with Crippen LogP contribution in [0.25, 0.3) is 0 Å². The van der Waals surface area contributed by atoms with Crippen molar-refractivity contribution in [2.45, 2.75) is 46.6 Å². The van der Waals surface area contributed by atoms with Crippen molar-refractivity contribution in [1.82, 2.24) is 5.32 Å². The molecule has 0 amide bonds. The van der Waals surface area contributed by atoms with Gasteiger partial charge in [-0.25, -0.2) is 0 Å². The van der Waals surface area contributed by atoms with Gasteiger partial charge in [0.05, 0.1) is 0 Å². The van der Waals surface area contributed by atoms with Crippen LogP contribution in [0.1, 0.15) is 37.0 Å². The first-order valence-electron chi connectivity index (χ1n) is 6.26. The first-order valence-corrected chi connectivity index (χ1v) is 6.26. The zero-order valence-electron chi connectivity index (χ0n) is 11.3. The first-order chi connectivity index (χ1) is 7.52. The van der Waals surface area contributed by atoms with E-state index in [1.807, 2.05) is 0 Å². The Kier molecular flexibility index (Phi) is 5.01. The van der Waals surface area contributed by atoms with Gasteiger partial charge in [-0.2, -0.15) is 0 Å². The van der Waals surface area contributed by atoms with Gasteiger partial charge in [0.15, 0.2) is 0 Å². The highest BCUT2D eigenvalue weighted by molar-refractivity contribution is 5.31. The molecule has 1 heteroatoms. The van der Waals surface area contributed by atoms with E-state index in [1.54, 1.807) is 0 Å². The molecule has 0 aliphatic carbocycles. The molecule has 0 bridgehead atoms. The summed E-state index contributed by atoms with van der Waals surface area (Å²) in [5.41, 5.74) is 4.26. The summed E-state index contributed by atoms with van der Waals surface area (Å²) in [5.74, 6) is 0.752. The van der Waals surface area contributed by atoms with Gasteiger partial charge in [0.25, 0.3) is 0 Å². The average molecular weight is 219 g/mol. The van der Waals surface area contributed by atoms with E-state index < -0.39 is 0 Å². The highest BCUT2D eigenvalue weighted by Crippen LogP contribution is 2.16. The van der Waals surface area contributed by atoms with E-state index in [-0.39, 0.29) is 0 Å². The second kappa shape index (κ2) is 6.05. The summed E-state index contributed by atoms with van der Waals surface area (Å²) >= 11 is 0. The molecule has 0 spiro atoms. The maximum absolute atomic E-state index is 3.43. The van der Waals surface area contributed by atoms with E-state index in [1.165, 1.54) is 23.1 Å². The number of hydrogen-bond donors (Lipinski definition) is 1. The van der Waals surface area contributed by atoms with Crippen molar-refractivity contribution in [3.63, 3.8) is 0 Å². The van der Waals surface area contributed by atoms with Crippen LogP contribution in [-0.2, 0) is 6.42 Å². The first kappa shape index (κ1) is 13.2. The normalized spacial score (nSPS) is 13.1. The molecule has 1 aromatic rings. The van der Waals surface area contributed by atoms with Crippen LogP contribution >= 0.6 is 0 Å². The van der Waals surface area contributed by atoms with Crippen LogP contribution in [-0.4, -0.2) is 13.1 Å². The number of nitrogens with one attached hydrogen (secondary N) is 1. The molecule has 0 radical (unpaired) electrons. The molecule has 1 aromatic carbocycles. The minimum Gasteiger partial charge on any atom is -0.317 e. The van der Waals surface area contributed by atoms with Crippen LogP contribution in [0.4, 0.5) is 0 Å². The lowest BCUT2D eigenvalue weighted by Gasteiger charge is -2.19. The van der Waals surface area contributed by atoms with Gasteiger partial charge in [-0.3, -0.25) is 0 Å². The summed E-state index contributed by atoms with van der Waals surface area (Å²) in [5, 5.41) is 3.43. The fraction of sp³-hybridized carbons (Fsp3) is 0.600. The summed E-state index contributed by atoms with van der Waals surface area (Å²) < 4.78 is 0. The Labute approximate surface area is 100 Å². The third-order valence-corrected chi connectivity index (χ3v) is 3.14. The average Bonchev–Trinajstić information content (AvgIpc) is 2.21. The molecule has 16 heavy (non-hydrogen) atoms. The van der Waals surface area contributed by atoms with Crippen LogP contribution in [0.5, 0.6) is 0 Å². The molecular weight excluding hydrogens is 194 g/mol. The minimum atomic E-state index is 0.598. The van der Waals surface area contributed by atoms with E-state index in [0.29, 0.717) is 6.04 Å². The molecule has 1 atom stereocenters. The lowest BCUT2D eigenvalue weighted by Crippen LogP contribution is -2.29. The molecule has 0 aromatic heterocycles. The second-order valence-electron chi connectivity index (χ2n) is 5.25. The van der Waals surface area contributed by atoms with E-state index in [2.05, 4.69) is 58.3 Å². The standard InChI is InChI=1S/C15H25N/c1-11(2)8-15(16-5)10-14-9-12(3)6-7-13(14)4/h6-7,9,11,15-16H,8,10H2,1-5H3. The highest BCUT2D eigenvalue weighted by atomic mass is 14.9. The van der Waals surface area contributed by atoms with Gasteiger partial charge in [0.2, 0.25) is 0 Å². The third-order valence-electron chi connectivity index (χ3n) is 3.14. The van der Waals surface area contributed by atoms with Crippen molar-refractivity contribution in [2.24, 2.45) is 5.92 Å². The van der Waals surface area contributed by atoms with Crippen molar-refractivity contribution >= 4 is 0 Å². The molecular formula is C15H25N. The fourth-order valence-corrected chi connectivity index (χ4v) is 2.16. The van der Waals surface area contributed by atoms with Crippen molar-refractivity contribution in [1.29, 1.82) is 0 Å². The van der Waals surface area contributed by atoms with Crippen LogP contribution in [0.15, 0.2) is 18.2 Å².